The van der Waals surface area contributed by atoms with Gasteiger partial charge >= 0.3 is 5.97 Å². The summed E-state index contributed by atoms with van der Waals surface area (Å²) in [6, 6.07) is 5.19. The second-order valence-corrected chi connectivity index (χ2v) is 7.58. The Morgan fingerprint density at radius 1 is 1.38 bits per heavy atom. The molecule has 116 valence electrons. The average molecular weight is 313 g/mol. The first-order valence-corrected chi connectivity index (χ1v) is 8.01. The summed E-state index contributed by atoms with van der Waals surface area (Å²) in [7, 11) is -3.55. The van der Waals surface area contributed by atoms with Crippen LogP contribution in [0.4, 0.5) is 0 Å². The predicted octanol–water partition coefficient (Wildman–Crippen LogP) is 1.17. The van der Waals surface area contributed by atoms with Gasteiger partial charge in [0.2, 0.25) is 10.0 Å². The van der Waals surface area contributed by atoms with E-state index < -0.39 is 28.2 Å². The maximum absolute atomic E-state index is 12.5. The highest BCUT2D eigenvalue weighted by Crippen LogP contribution is 2.31. The topological polar surface area (TPSA) is 83.9 Å². The Morgan fingerprint density at radius 2 is 2.00 bits per heavy atom. The van der Waals surface area contributed by atoms with Crippen LogP contribution in [0.1, 0.15) is 18.1 Å². The number of benzene rings is 1. The van der Waals surface area contributed by atoms with Gasteiger partial charge in [-0.2, -0.15) is 4.31 Å². The number of carboxylic acids is 1. The van der Waals surface area contributed by atoms with Crippen molar-refractivity contribution in [1.29, 1.82) is 0 Å². The summed E-state index contributed by atoms with van der Waals surface area (Å²) < 4.78 is 31.6. The van der Waals surface area contributed by atoms with Crippen LogP contribution in [0, 0.1) is 13.8 Å². The second kappa shape index (κ2) is 5.40. The zero-order chi connectivity index (χ0) is 15.8. The summed E-state index contributed by atoms with van der Waals surface area (Å²) in [6.45, 7) is 5.29. The minimum Gasteiger partial charge on any atom is -0.480 e. The Balaban J connectivity index is 2.11. The molecule has 7 heteroatoms. The van der Waals surface area contributed by atoms with Gasteiger partial charge in [0, 0.05) is 13.1 Å². The molecule has 1 saturated heterocycles. The normalized spacial score (nSPS) is 18.2. The van der Waals surface area contributed by atoms with Crippen LogP contribution < -0.4 is 0 Å². The second-order valence-electron chi connectivity index (χ2n) is 5.67. The Kier molecular flexibility index (Phi) is 4.10. The Bertz CT molecular complexity index is 662. The molecule has 0 spiro atoms. The molecule has 0 atom stereocenters. The fraction of sp³-hybridized carbons (Fsp3) is 0.500. The maximum atomic E-state index is 12.5. The lowest BCUT2D eigenvalue weighted by molar-refractivity contribution is -0.157. The highest BCUT2D eigenvalue weighted by molar-refractivity contribution is 7.89. The Morgan fingerprint density at radius 3 is 2.52 bits per heavy atom. The summed E-state index contributed by atoms with van der Waals surface area (Å²) in [5.41, 5.74) is 0.976. The number of carboxylic acid groups (broad SMARTS) is 1. The highest BCUT2D eigenvalue weighted by atomic mass is 32.2. The molecule has 2 rings (SSSR count). The van der Waals surface area contributed by atoms with Gasteiger partial charge in [0.15, 0.2) is 0 Å². The first kappa shape index (κ1) is 15.9. The summed E-state index contributed by atoms with van der Waals surface area (Å²) in [4.78, 5) is 10.8. The molecule has 1 aromatic carbocycles. The molecule has 0 bridgehead atoms. The number of hydrogen-bond acceptors (Lipinski definition) is 4. The minimum atomic E-state index is -3.55. The van der Waals surface area contributed by atoms with Gasteiger partial charge in [0.05, 0.1) is 10.5 Å². The van der Waals surface area contributed by atoms with Gasteiger partial charge in [-0.15, -0.1) is 0 Å². The largest absolute Gasteiger partial charge is 0.480 e. The molecule has 0 saturated carbocycles. The molecule has 1 aliphatic rings. The third-order valence-corrected chi connectivity index (χ3v) is 5.47. The van der Waals surface area contributed by atoms with E-state index in [4.69, 9.17) is 9.84 Å². The molecule has 0 aromatic heterocycles. The van der Waals surface area contributed by atoms with Crippen LogP contribution in [0.25, 0.3) is 0 Å². The molecule has 1 aliphatic heterocycles. The molecule has 1 fully saturated rings. The molecule has 0 aliphatic carbocycles. The molecule has 0 amide bonds. The van der Waals surface area contributed by atoms with Crippen LogP contribution in [0.2, 0.25) is 0 Å². The monoisotopic (exact) mass is 313 g/mol. The maximum Gasteiger partial charge on any atom is 0.329 e. The number of rotatable bonds is 5. The van der Waals surface area contributed by atoms with E-state index in [2.05, 4.69) is 0 Å². The van der Waals surface area contributed by atoms with Crippen LogP contribution >= 0.6 is 0 Å². The summed E-state index contributed by atoms with van der Waals surface area (Å²) in [5.74, 6) is -1.06. The Hall–Kier alpha value is -1.44. The van der Waals surface area contributed by atoms with Crippen LogP contribution in [0.3, 0.4) is 0 Å². The number of carbonyl (C=O) groups is 1. The van der Waals surface area contributed by atoms with Crippen molar-refractivity contribution in [1.82, 2.24) is 4.31 Å². The van der Waals surface area contributed by atoms with Gasteiger partial charge in [0.25, 0.3) is 0 Å². The van der Waals surface area contributed by atoms with Crippen molar-refractivity contribution in [2.75, 3.05) is 19.7 Å². The molecule has 1 N–H and O–H groups in total. The number of nitrogens with zero attached hydrogens (tertiary/aromatic N) is 1. The van der Waals surface area contributed by atoms with E-state index in [1.165, 1.54) is 4.31 Å². The standard InChI is InChI=1S/C14H19NO5S/c1-10-4-5-12(11(2)6-10)21(18,19)15-8-14(3,9-15)20-7-13(16)17/h4-6H,7-9H2,1-3H3,(H,16,17). The number of aliphatic carboxylic acids is 1. The van der Waals surface area contributed by atoms with Gasteiger partial charge in [-0.05, 0) is 32.4 Å². The zero-order valence-electron chi connectivity index (χ0n) is 12.3. The summed E-state index contributed by atoms with van der Waals surface area (Å²) in [6.07, 6.45) is 0. The third kappa shape index (κ3) is 3.25. The first-order valence-electron chi connectivity index (χ1n) is 6.57. The van der Waals surface area contributed by atoms with Crippen LogP contribution in [0.5, 0.6) is 0 Å². The Labute approximate surface area is 124 Å². The van der Waals surface area contributed by atoms with E-state index in [1.54, 1.807) is 26.0 Å². The highest BCUT2D eigenvalue weighted by Gasteiger charge is 2.46. The lowest BCUT2D eigenvalue weighted by Gasteiger charge is -2.46. The lowest BCUT2D eigenvalue weighted by Crippen LogP contribution is -2.63. The van der Waals surface area contributed by atoms with E-state index in [1.807, 2.05) is 13.0 Å². The molecular weight excluding hydrogens is 294 g/mol. The van der Waals surface area contributed by atoms with Crippen molar-refractivity contribution in [3.05, 3.63) is 29.3 Å². The quantitative estimate of drug-likeness (QED) is 0.882. The van der Waals surface area contributed by atoms with Crippen molar-refractivity contribution in [2.45, 2.75) is 31.3 Å². The van der Waals surface area contributed by atoms with Crippen molar-refractivity contribution >= 4 is 16.0 Å². The molecule has 1 heterocycles. The smallest absolute Gasteiger partial charge is 0.329 e. The van der Waals surface area contributed by atoms with Crippen molar-refractivity contribution in [2.24, 2.45) is 0 Å². The van der Waals surface area contributed by atoms with Gasteiger partial charge < -0.3 is 9.84 Å². The van der Waals surface area contributed by atoms with Gasteiger partial charge in [-0.25, -0.2) is 13.2 Å². The lowest BCUT2D eigenvalue weighted by atomic mass is 10.0. The van der Waals surface area contributed by atoms with Crippen molar-refractivity contribution in [3.8, 4) is 0 Å². The van der Waals surface area contributed by atoms with Crippen LogP contribution in [0.15, 0.2) is 23.1 Å². The van der Waals surface area contributed by atoms with Gasteiger partial charge in [-0.1, -0.05) is 17.7 Å². The molecule has 21 heavy (non-hydrogen) atoms. The number of hydrogen-bond donors (Lipinski definition) is 1. The summed E-state index contributed by atoms with van der Waals surface area (Å²) in [5, 5.41) is 8.61. The number of aryl methyl sites for hydroxylation is 2. The SMILES string of the molecule is Cc1ccc(S(=O)(=O)N2CC(C)(OCC(=O)O)C2)c(C)c1. The fourth-order valence-electron chi connectivity index (χ4n) is 2.42. The average Bonchev–Trinajstić information content (AvgIpc) is 2.32. The van der Waals surface area contributed by atoms with E-state index in [0.717, 1.165) is 5.56 Å². The van der Waals surface area contributed by atoms with Crippen molar-refractivity contribution in [3.63, 3.8) is 0 Å². The number of ether oxygens (including phenoxy) is 1. The van der Waals surface area contributed by atoms with E-state index >= 15 is 0 Å². The minimum absolute atomic E-state index is 0.163. The molecule has 6 nitrogen and oxygen atoms in total. The number of sulfonamides is 1. The van der Waals surface area contributed by atoms with E-state index in [9.17, 15) is 13.2 Å². The molecular formula is C14H19NO5S. The predicted molar refractivity (Wildman–Crippen MR) is 76.7 cm³/mol. The van der Waals surface area contributed by atoms with Gasteiger partial charge in [0.1, 0.15) is 6.61 Å². The molecule has 0 radical (unpaired) electrons. The van der Waals surface area contributed by atoms with Crippen LogP contribution in [-0.4, -0.2) is 49.1 Å². The molecule has 0 unspecified atom stereocenters. The van der Waals surface area contributed by atoms with Crippen LogP contribution in [-0.2, 0) is 19.6 Å². The van der Waals surface area contributed by atoms with Crippen molar-refractivity contribution < 1.29 is 23.1 Å². The third-order valence-electron chi connectivity index (χ3n) is 3.51. The van der Waals surface area contributed by atoms with E-state index in [0.29, 0.717) is 5.56 Å². The van der Waals surface area contributed by atoms with Gasteiger partial charge in [-0.3, -0.25) is 0 Å². The zero-order valence-corrected chi connectivity index (χ0v) is 13.1. The van der Waals surface area contributed by atoms with E-state index in [-0.39, 0.29) is 18.0 Å². The summed E-state index contributed by atoms with van der Waals surface area (Å²) >= 11 is 0. The molecule has 1 aromatic rings. The first-order chi connectivity index (χ1) is 9.64. The fourth-order valence-corrected chi connectivity index (χ4v) is 4.29.